The van der Waals surface area contributed by atoms with Crippen LogP contribution in [0.4, 0.5) is 0 Å². The van der Waals surface area contributed by atoms with E-state index < -0.39 is 170 Å². The van der Waals surface area contributed by atoms with Crippen LogP contribution in [0.2, 0.25) is 0 Å². The molecular formula is C48H86N18O16S. The van der Waals surface area contributed by atoms with Crippen LogP contribution in [0.1, 0.15) is 98.8 Å². The van der Waals surface area contributed by atoms with E-state index >= 15 is 0 Å². The third-order valence-electron chi connectivity index (χ3n) is 12.0. The highest BCUT2D eigenvalue weighted by atomic mass is 32.2. The Hall–Kier alpha value is -8.08. The lowest BCUT2D eigenvalue weighted by atomic mass is 9.99. The van der Waals surface area contributed by atoms with Gasteiger partial charge in [-0.1, -0.05) is 34.1 Å². The third kappa shape index (κ3) is 32.8. The minimum Gasteiger partial charge on any atom is -0.481 e. The SMILES string of the molecule is CC[C@H](C)[C@H](N)C(=O)NCC(=O)N[C@@H](CCCN=C(N)N)C(=O)N[C@@H](CC(N)=O)C(=O)N[C@@H](CC(C)C)C(=O)N[C@@H](CCCN=C(N)N)C(=O)NCC(=O)N[C@H](C(=O)NCC(=O)N[C@@H](CCSC)C(=O)N[C@@H](CCC(=O)O)C(=O)O)[C@@H](C)O. The van der Waals surface area contributed by atoms with Crippen LogP contribution in [0.5, 0.6) is 0 Å². The molecule has 34 nitrogen and oxygen atoms in total. The smallest absolute Gasteiger partial charge is 0.326 e. The summed E-state index contributed by atoms with van der Waals surface area (Å²) < 4.78 is 0. The van der Waals surface area contributed by atoms with Crippen molar-refractivity contribution in [2.75, 3.05) is 44.7 Å². The molecule has 11 amide bonds. The molecule has 0 heterocycles. The van der Waals surface area contributed by atoms with Crippen molar-refractivity contribution in [3.8, 4) is 0 Å². The van der Waals surface area contributed by atoms with Crippen LogP contribution in [-0.2, 0) is 62.3 Å². The maximum Gasteiger partial charge on any atom is 0.326 e. The van der Waals surface area contributed by atoms with Gasteiger partial charge in [0, 0.05) is 19.5 Å². The standard InChI is InChI=1S/C48H86N18O16S/c1-7-24(4)37(50)44(79)58-20-33(69)60-27(11-9-16-56-48(53)54)40(75)65-31(19-32(49)68)43(78)64-30(18-23(2)3)42(77)62-26(10-8-15-55-47(51)52)39(74)57-22-35(71)66-38(25(5)67)45(80)59-21-34(70)61-28(14-17-83-6)41(76)63-29(46(81)82)12-13-36(72)73/h23-31,37-38,67H,7-22,50H2,1-6H3,(H2,49,68)(H,57,74)(H,58,79)(H,59,80)(H,60,69)(H,61,70)(H,62,77)(H,63,76)(H,64,78)(H,65,75)(H,66,71)(H,72,73)(H,81,82)(H4,51,52,55)(H4,53,54,56)/t24-,25+,26-,27-,28-,29-,30-,31-,37-,38-/m0/s1. The second kappa shape index (κ2) is 40.2. The van der Waals surface area contributed by atoms with Crippen LogP contribution in [0.15, 0.2) is 9.98 Å². The van der Waals surface area contributed by atoms with Gasteiger partial charge in [-0.05, 0) is 75.7 Å². The molecule has 83 heavy (non-hydrogen) atoms. The number of nitrogens with zero attached hydrogens (tertiary/aromatic N) is 2. The van der Waals surface area contributed by atoms with Gasteiger partial charge in [0.25, 0.3) is 0 Å². The Labute approximate surface area is 484 Å². The summed E-state index contributed by atoms with van der Waals surface area (Å²) in [5.41, 5.74) is 33.1. The molecule has 0 aromatic heterocycles. The molecule has 0 unspecified atom stereocenters. The van der Waals surface area contributed by atoms with E-state index in [2.05, 4.69) is 63.2 Å². The lowest BCUT2D eigenvalue weighted by Crippen LogP contribution is -2.59. The second-order valence-electron chi connectivity index (χ2n) is 19.6. The molecule has 0 rings (SSSR count). The fraction of sp³-hybridized carbons (Fsp3) is 0.688. The zero-order chi connectivity index (χ0) is 63.5. The molecule has 0 aliphatic heterocycles. The highest BCUT2D eigenvalue weighted by molar-refractivity contribution is 7.98. The summed E-state index contributed by atoms with van der Waals surface area (Å²) in [6.07, 6.45) is -1.32. The molecule has 0 aromatic rings. The van der Waals surface area contributed by atoms with Crippen molar-refractivity contribution in [3.05, 3.63) is 0 Å². The van der Waals surface area contributed by atoms with E-state index in [1.807, 2.05) is 6.92 Å². The number of amides is 11. The number of primary amides is 1. The number of aliphatic hydroxyl groups excluding tert-OH is 1. The molecule has 0 saturated heterocycles. The Bertz CT molecular complexity index is 2280. The predicted molar refractivity (Wildman–Crippen MR) is 302 cm³/mol. The number of carboxylic acids is 2. The predicted octanol–water partition coefficient (Wildman–Crippen LogP) is -7.79. The van der Waals surface area contributed by atoms with Crippen LogP contribution in [-0.4, -0.2) is 203 Å². The first kappa shape index (κ1) is 74.9. The number of hydrogen-bond acceptors (Lipinski definition) is 18. The summed E-state index contributed by atoms with van der Waals surface area (Å²) in [6, 6.07) is -11.6. The summed E-state index contributed by atoms with van der Waals surface area (Å²) in [4.78, 5) is 176. The van der Waals surface area contributed by atoms with E-state index in [4.69, 9.17) is 39.5 Å². The first-order valence-electron chi connectivity index (χ1n) is 26.5. The summed E-state index contributed by atoms with van der Waals surface area (Å²) in [7, 11) is 0. The van der Waals surface area contributed by atoms with Gasteiger partial charge in [0.05, 0.1) is 38.2 Å². The molecular weight excluding hydrogens is 1120 g/mol. The summed E-state index contributed by atoms with van der Waals surface area (Å²) in [5.74, 6) is -14.1. The fourth-order valence-electron chi connectivity index (χ4n) is 7.26. The summed E-state index contributed by atoms with van der Waals surface area (Å²) in [5, 5.41) is 52.4. The Morgan fingerprint density at radius 3 is 1.39 bits per heavy atom. The fourth-order valence-corrected chi connectivity index (χ4v) is 7.73. The second-order valence-corrected chi connectivity index (χ2v) is 20.6. The van der Waals surface area contributed by atoms with Crippen LogP contribution in [0.25, 0.3) is 0 Å². The van der Waals surface area contributed by atoms with Gasteiger partial charge >= 0.3 is 11.9 Å². The lowest BCUT2D eigenvalue weighted by Gasteiger charge is -2.27. The summed E-state index contributed by atoms with van der Waals surface area (Å²) in [6.45, 7) is 5.83. The number of nitrogens with one attached hydrogen (secondary N) is 10. The number of aliphatic carboxylic acids is 2. The van der Waals surface area contributed by atoms with E-state index in [0.717, 1.165) is 6.92 Å². The normalized spacial score (nSPS) is 14.5. The number of aliphatic hydroxyl groups is 1. The Kier molecular flexibility index (Phi) is 36.3. The van der Waals surface area contributed by atoms with E-state index in [0.29, 0.717) is 12.2 Å². The van der Waals surface area contributed by atoms with Gasteiger partial charge in [-0.2, -0.15) is 11.8 Å². The van der Waals surface area contributed by atoms with Crippen molar-refractivity contribution in [1.29, 1.82) is 0 Å². The Morgan fingerprint density at radius 2 is 0.940 bits per heavy atom. The molecule has 0 saturated carbocycles. The zero-order valence-electron chi connectivity index (χ0n) is 47.6. The molecule has 0 aliphatic rings. The van der Waals surface area contributed by atoms with Crippen LogP contribution >= 0.6 is 11.8 Å². The topological polar surface area (TPSA) is 584 Å². The lowest BCUT2D eigenvalue weighted by molar-refractivity contribution is -0.143. The van der Waals surface area contributed by atoms with Crippen molar-refractivity contribution in [3.63, 3.8) is 0 Å². The largest absolute Gasteiger partial charge is 0.481 e. The van der Waals surface area contributed by atoms with Crippen molar-refractivity contribution in [2.24, 2.45) is 56.2 Å². The first-order valence-corrected chi connectivity index (χ1v) is 27.9. The summed E-state index contributed by atoms with van der Waals surface area (Å²) >= 11 is 1.29. The molecule has 0 aliphatic carbocycles. The molecule has 0 aromatic carbocycles. The molecule has 0 radical (unpaired) electrons. The van der Waals surface area contributed by atoms with Gasteiger partial charge in [0.2, 0.25) is 65.0 Å². The first-order chi connectivity index (χ1) is 38.8. The van der Waals surface area contributed by atoms with Crippen molar-refractivity contribution in [2.45, 2.75) is 153 Å². The number of carboxylic acid groups (broad SMARTS) is 2. The minimum atomic E-state index is -1.74. The number of carbonyl (C=O) groups excluding carboxylic acids is 11. The van der Waals surface area contributed by atoms with Crippen LogP contribution < -0.4 is 87.6 Å². The Balaban J connectivity index is 6.33. The van der Waals surface area contributed by atoms with Gasteiger partial charge < -0.3 is 103 Å². The van der Waals surface area contributed by atoms with Crippen molar-refractivity contribution >= 4 is 101 Å². The number of guanidine groups is 2. The highest BCUT2D eigenvalue weighted by Gasteiger charge is 2.34. The van der Waals surface area contributed by atoms with E-state index in [1.54, 1.807) is 27.0 Å². The third-order valence-corrected chi connectivity index (χ3v) is 12.6. The minimum absolute atomic E-state index is 0.00381. The van der Waals surface area contributed by atoms with Crippen molar-refractivity contribution < 1.29 is 77.6 Å². The quantitative estimate of drug-likeness (QED) is 0.0153. The van der Waals surface area contributed by atoms with Crippen LogP contribution in [0.3, 0.4) is 0 Å². The number of carbonyl (C=O) groups is 13. The van der Waals surface area contributed by atoms with Gasteiger partial charge in [-0.15, -0.1) is 0 Å². The van der Waals surface area contributed by atoms with E-state index in [-0.39, 0.29) is 75.4 Å². The zero-order valence-corrected chi connectivity index (χ0v) is 48.4. The molecule has 0 bridgehead atoms. The van der Waals surface area contributed by atoms with Crippen LogP contribution in [0, 0.1) is 11.8 Å². The van der Waals surface area contributed by atoms with E-state index in [1.165, 1.54) is 11.8 Å². The van der Waals surface area contributed by atoms with Gasteiger partial charge in [-0.3, -0.25) is 67.5 Å². The molecule has 0 spiro atoms. The number of thioether (sulfide) groups is 1. The molecule has 10 atom stereocenters. The number of aliphatic imine (C=N–C) groups is 2. The maximum absolute atomic E-state index is 14.1. The number of nitrogens with two attached hydrogens (primary N) is 6. The number of rotatable bonds is 42. The maximum atomic E-state index is 14.1. The highest BCUT2D eigenvalue weighted by Crippen LogP contribution is 2.11. The molecule has 0 fully saturated rings. The monoisotopic (exact) mass is 1200 g/mol. The average molecular weight is 1200 g/mol. The van der Waals surface area contributed by atoms with Gasteiger partial charge in [0.15, 0.2) is 11.9 Å². The van der Waals surface area contributed by atoms with Gasteiger partial charge in [0.1, 0.15) is 42.3 Å². The molecule has 25 N–H and O–H groups in total. The average Bonchev–Trinajstić information content (AvgIpc) is 3.56. The molecule has 35 heteroatoms. The molecule has 470 valence electrons. The van der Waals surface area contributed by atoms with E-state index in [9.17, 15) is 72.5 Å². The van der Waals surface area contributed by atoms with Crippen molar-refractivity contribution in [1.82, 2.24) is 53.2 Å². The Morgan fingerprint density at radius 1 is 0.518 bits per heavy atom. The van der Waals surface area contributed by atoms with Gasteiger partial charge in [-0.25, -0.2) is 4.79 Å². The number of hydrogen-bond donors (Lipinski definition) is 19.